The molecule has 2 rings (SSSR count). The summed E-state index contributed by atoms with van der Waals surface area (Å²) < 4.78 is 5.63. The maximum atomic E-state index is 5.75. The summed E-state index contributed by atoms with van der Waals surface area (Å²) in [4.78, 5) is 4.45. The Morgan fingerprint density at radius 2 is 2.06 bits per heavy atom. The van der Waals surface area contributed by atoms with E-state index in [1.54, 1.807) is 11.3 Å². The predicted octanol–water partition coefficient (Wildman–Crippen LogP) is 4.73. The van der Waals surface area contributed by atoms with Crippen molar-refractivity contribution in [1.29, 1.82) is 0 Å². The van der Waals surface area contributed by atoms with E-state index in [9.17, 15) is 0 Å². The normalized spacial score (nSPS) is 10.6. The molecule has 0 aliphatic carbocycles. The van der Waals surface area contributed by atoms with Crippen molar-refractivity contribution in [2.24, 2.45) is 0 Å². The molecule has 0 fully saturated rings. The molecular formula is C14H16ClNOS. The van der Waals surface area contributed by atoms with Crippen LogP contribution in [0.1, 0.15) is 25.5 Å². The molecule has 0 amide bonds. The monoisotopic (exact) mass is 281 g/mol. The first-order valence-corrected chi connectivity index (χ1v) is 7.48. The van der Waals surface area contributed by atoms with Crippen molar-refractivity contribution in [1.82, 2.24) is 4.98 Å². The summed E-state index contributed by atoms with van der Waals surface area (Å²) in [7, 11) is 0. The van der Waals surface area contributed by atoms with Crippen LogP contribution in [-0.2, 0) is 5.88 Å². The lowest BCUT2D eigenvalue weighted by molar-refractivity contribution is 0.309. The SMILES string of the molecule is CCCCOc1ccc(-c2nc(CCl)cs2)cc1. The predicted molar refractivity (Wildman–Crippen MR) is 77.5 cm³/mol. The minimum Gasteiger partial charge on any atom is -0.494 e. The highest BCUT2D eigenvalue weighted by Crippen LogP contribution is 2.26. The van der Waals surface area contributed by atoms with Crippen molar-refractivity contribution in [2.45, 2.75) is 25.6 Å². The van der Waals surface area contributed by atoms with Crippen molar-refractivity contribution < 1.29 is 4.74 Å². The number of hydrogen-bond donors (Lipinski definition) is 0. The molecule has 1 aromatic heterocycles. The molecule has 0 radical (unpaired) electrons. The Labute approximate surface area is 117 Å². The number of unbranched alkanes of at least 4 members (excludes halogenated alkanes) is 1. The second-order valence-electron chi connectivity index (χ2n) is 4.00. The smallest absolute Gasteiger partial charge is 0.123 e. The summed E-state index contributed by atoms with van der Waals surface area (Å²) >= 11 is 7.37. The third kappa shape index (κ3) is 3.47. The van der Waals surface area contributed by atoms with Gasteiger partial charge in [-0.1, -0.05) is 13.3 Å². The minimum atomic E-state index is 0.467. The summed E-state index contributed by atoms with van der Waals surface area (Å²) in [6, 6.07) is 8.07. The van der Waals surface area contributed by atoms with Gasteiger partial charge in [0, 0.05) is 10.9 Å². The molecule has 1 heterocycles. The number of thiazole rings is 1. The van der Waals surface area contributed by atoms with Crippen LogP contribution < -0.4 is 4.74 Å². The number of rotatable bonds is 6. The first-order valence-electron chi connectivity index (χ1n) is 6.07. The highest BCUT2D eigenvalue weighted by molar-refractivity contribution is 7.13. The molecule has 0 unspecified atom stereocenters. The Hall–Kier alpha value is -1.06. The molecule has 1 aromatic carbocycles. The quantitative estimate of drug-likeness (QED) is 0.564. The van der Waals surface area contributed by atoms with Crippen LogP contribution in [0, 0.1) is 0 Å². The van der Waals surface area contributed by atoms with Crippen LogP contribution in [0.4, 0.5) is 0 Å². The molecular weight excluding hydrogens is 266 g/mol. The highest BCUT2D eigenvalue weighted by Gasteiger charge is 2.04. The molecule has 0 saturated carbocycles. The Morgan fingerprint density at radius 1 is 1.28 bits per heavy atom. The number of nitrogens with zero attached hydrogens (tertiary/aromatic N) is 1. The van der Waals surface area contributed by atoms with Gasteiger partial charge in [0.25, 0.3) is 0 Å². The van der Waals surface area contributed by atoms with Gasteiger partial charge in [0.05, 0.1) is 18.2 Å². The van der Waals surface area contributed by atoms with E-state index in [-0.39, 0.29) is 0 Å². The average Bonchev–Trinajstić information content (AvgIpc) is 2.89. The molecule has 0 N–H and O–H groups in total. The van der Waals surface area contributed by atoms with E-state index in [1.165, 1.54) is 0 Å². The molecule has 0 aliphatic heterocycles. The van der Waals surface area contributed by atoms with Gasteiger partial charge in [0.1, 0.15) is 10.8 Å². The molecule has 0 atom stereocenters. The molecule has 2 aromatic rings. The van der Waals surface area contributed by atoms with Crippen LogP contribution in [0.5, 0.6) is 5.75 Å². The Morgan fingerprint density at radius 3 is 2.67 bits per heavy atom. The number of alkyl halides is 1. The van der Waals surface area contributed by atoms with E-state index in [0.717, 1.165) is 41.5 Å². The minimum absolute atomic E-state index is 0.467. The number of benzene rings is 1. The summed E-state index contributed by atoms with van der Waals surface area (Å²) in [5.74, 6) is 1.38. The van der Waals surface area contributed by atoms with Gasteiger partial charge in [-0.05, 0) is 30.7 Å². The van der Waals surface area contributed by atoms with Gasteiger partial charge in [0.15, 0.2) is 0 Å². The summed E-state index contributed by atoms with van der Waals surface area (Å²) in [6.45, 7) is 2.94. The maximum Gasteiger partial charge on any atom is 0.123 e. The summed E-state index contributed by atoms with van der Waals surface area (Å²) in [5.41, 5.74) is 2.04. The fraction of sp³-hybridized carbons (Fsp3) is 0.357. The standard InChI is InChI=1S/C14H16ClNOS/c1-2-3-8-17-13-6-4-11(5-7-13)14-16-12(9-15)10-18-14/h4-7,10H,2-3,8-9H2,1H3. The van der Waals surface area contributed by atoms with E-state index in [0.29, 0.717) is 5.88 Å². The van der Waals surface area contributed by atoms with Crippen LogP contribution in [0.15, 0.2) is 29.6 Å². The van der Waals surface area contributed by atoms with Crippen molar-refractivity contribution >= 4 is 22.9 Å². The maximum absolute atomic E-state index is 5.75. The van der Waals surface area contributed by atoms with Crippen LogP contribution in [0.2, 0.25) is 0 Å². The van der Waals surface area contributed by atoms with Crippen molar-refractivity contribution in [2.75, 3.05) is 6.61 Å². The van der Waals surface area contributed by atoms with Gasteiger partial charge in [-0.15, -0.1) is 22.9 Å². The largest absolute Gasteiger partial charge is 0.494 e. The van der Waals surface area contributed by atoms with Gasteiger partial charge in [-0.2, -0.15) is 0 Å². The van der Waals surface area contributed by atoms with Gasteiger partial charge in [0.2, 0.25) is 0 Å². The second kappa shape index (κ2) is 6.76. The Balaban J connectivity index is 2.02. The van der Waals surface area contributed by atoms with Crippen molar-refractivity contribution in [3.8, 4) is 16.3 Å². The topological polar surface area (TPSA) is 22.1 Å². The lowest BCUT2D eigenvalue weighted by atomic mass is 10.2. The van der Waals surface area contributed by atoms with Crippen molar-refractivity contribution in [3.05, 3.63) is 35.3 Å². The van der Waals surface area contributed by atoms with Crippen molar-refractivity contribution in [3.63, 3.8) is 0 Å². The zero-order valence-electron chi connectivity index (χ0n) is 10.4. The van der Waals surface area contributed by atoms with E-state index < -0.39 is 0 Å². The van der Waals surface area contributed by atoms with E-state index in [1.807, 2.05) is 29.6 Å². The summed E-state index contributed by atoms with van der Waals surface area (Å²) in [5, 5.41) is 3.00. The average molecular weight is 282 g/mol. The zero-order valence-corrected chi connectivity index (χ0v) is 11.9. The second-order valence-corrected chi connectivity index (χ2v) is 5.13. The van der Waals surface area contributed by atoms with Gasteiger partial charge < -0.3 is 4.74 Å². The first-order chi connectivity index (χ1) is 8.83. The molecule has 4 heteroatoms. The zero-order chi connectivity index (χ0) is 12.8. The van der Waals surface area contributed by atoms with Gasteiger partial charge >= 0.3 is 0 Å². The molecule has 0 aliphatic rings. The number of aromatic nitrogens is 1. The van der Waals surface area contributed by atoms with E-state index in [4.69, 9.17) is 16.3 Å². The van der Waals surface area contributed by atoms with Gasteiger partial charge in [-0.25, -0.2) is 4.98 Å². The first kappa shape index (κ1) is 13.4. The molecule has 0 saturated heterocycles. The van der Waals surface area contributed by atoms with E-state index in [2.05, 4.69) is 11.9 Å². The third-order valence-electron chi connectivity index (χ3n) is 2.56. The van der Waals surface area contributed by atoms with E-state index >= 15 is 0 Å². The molecule has 18 heavy (non-hydrogen) atoms. The molecule has 0 bridgehead atoms. The number of ether oxygens (including phenoxy) is 1. The molecule has 0 spiro atoms. The van der Waals surface area contributed by atoms with Gasteiger partial charge in [-0.3, -0.25) is 0 Å². The van der Waals surface area contributed by atoms with Crippen LogP contribution in [0.3, 0.4) is 0 Å². The Bertz CT molecular complexity index is 481. The van der Waals surface area contributed by atoms with Crippen LogP contribution in [0.25, 0.3) is 10.6 Å². The van der Waals surface area contributed by atoms with Crippen LogP contribution in [-0.4, -0.2) is 11.6 Å². The number of halogens is 1. The highest BCUT2D eigenvalue weighted by atomic mass is 35.5. The molecule has 96 valence electrons. The third-order valence-corrected chi connectivity index (χ3v) is 3.77. The Kier molecular flexibility index (Phi) is 5.02. The fourth-order valence-electron chi connectivity index (χ4n) is 1.53. The number of hydrogen-bond acceptors (Lipinski definition) is 3. The molecule has 2 nitrogen and oxygen atoms in total. The van der Waals surface area contributed by atoms with Crippen LogP contribution >= 0.6 is 22.9 Å². The lowest BCUT2D eigenvalue weighted by Gasteiger charge is -2.05. The fourth-order valence-corrected chi connectivity index (χ4v) is 2.58. The lowest BCUT2D eigenvalue weighted by Crippen LogP contribution is -1.95. The summed E-state index contributed by atoms with van der Waals surface area (Å²) in [6.07, 6.45) is 2.24.